The van der Waals surface area contributed by atoms with Crippen LogP contribution in [0.25, 0.3) is 0 Å². The van der Waals surface area contributed by atoms with Crippen molar-refractivity contribution in [3.63, 3.8) is 0 Å². The van der Waals surface area contributed by atoms with E-state index in [9.17, 15) is 9.59 Å². The maximum atomic E-state index is 13.3. The first kappa shape index (κ1) is 25.2. The Labute approximate surface area is 191 Å². The van der Waals surface area contributed by atoms with Gasteiger partial charge in [-0.05, 0) is 67.1 Å². The first-order valence-corrected chi connectivity index (χ1v) is 11.1. The number of methoxy groups -OCH3 is 1. The van der Waals surface area contributed by atoms with Crippen LogP contribution in [0.4, 0.5) is 0 Å². The van der Waals surface area contributed by atoms with Crippen molar-refractivity contribution in [2.24, 2.45) is 5.92 Å². The first-order chi connectivity index (χ1) is 15.2. The summed E-state index contributed by atoms with van der Waals surface area (Å²) in [6, 6.07) is 12.7. The lowest BCUT2D eigenvalue weighted by molar-refractivity contribution is -0.143. The minimum absolute atomic E-state index is 0.138. The lowest BCUT2D eigenvalue weighted by Crippen LogP contribution is -2.50. The standard InChI is InChI=1S/C26H36N2O4/c1-7-24(26(30)27-15-18(2)3)28(16-21-9-8-10-22(14-21)31-6)25(29)17-32-23-12-11-19(4)20(5)13-23/h8-14,18,24H,7,15-17H2,1-6H3,(H,27,30). The molecule has 6 nitrogen and oxygen atoms in total. The highest BCUT2D eigenvalue weighted by Crippen LogP contribution is 2.19. The zero-order valence-electron chi connectivity index (χ0n) is 20.1. The summed E-state index contributed by atoms with van der Waals surface area (Å²) in [6.07, 6.45) is 0.503. The summed E-state index contributed by atoms with van der Waals surface area (Å²) in [5, 5.41) is 2.97. The number of hydrogen-bond acceptors (Lipinski definition) is 4. The van der Waals surface area contributed by atoms with Crippen molar-refractivity contribution in [2.75, 3.05) is 20.3 Å². The van der Waals surface area contributed by atoms with Crippen molar-refractivity contribution in [3.05, 3.63) is 59.2 Å². The highest BCUT2D eigenvalue weighted by Gasteiger charge is 2.29. The fourth-order valence-corrected chi connectivity index (χ4v) is 3.34. The van der Waals surface area contributed by atoms with E-state index < -0.39 is 6.04 Å². The van der Waals surface area contributed by atoms with Gasteiger partial charge in [-0.1, -0.05) is 39.0 Å². The third-order valence-corrected chi connectivity index (χ3v) is 5.40. The van der Waals surface area contributed by atoms with Gasteiger partial charge in [-0.15, -0.1) is 0 Å². The van der Waals surface area contributed by atoms with Gasteiger partial charge in [-0.25, -0.2) is 0 Å². The number of ether oxygens (including phenoxy) is 2. The Kier molecular flexibility index (Phi) is 9.57. The van der Waals surface area contributed by atoms with Gasteiger partial charge in [0, 0.05) is 13.1 Å². The van der Waals surface area contributed by atoms with Gasteiger partial charge in [0.2, 0.25) is 5.91 Å². The number of amides is 2. The molecule has 0 fully saturated rings. The molecule has 2 rings (SSSR count). The Morgan fingerprint density at radius 1 is 1.03 bits per heavy atom. The molecule has 0 spiro atoms. The van der Waals surface area contributed by atoms with Crippen LogP contribution in [0.2, 0.25) is 0 Å². The normalized spacial score (nSPS) is 11.7. The molecular weight excluding hydrogens is 404 g/mol. The quantitative estimate of drug-likeness (QED) is 0.567. The average Bonchev–Trinajstić information content (AvgIpc) is 2.78. The monoisotopic (exact) mass is 440 g/mol. The molecule has 6 heteroatoms. The molecule has 174 valence electrons. The summed E-state index contributed by atoms with van der Waals surface area (Å²) in [5.74, 6) is 1.28. The Balaban J connectivity index is 2.22. The van der Waals surface area contributed by atoms with Gasteiger partial charge < -0.3 is 19.7 Å². The van der Waals surface area contributed by atoms with Crippen LogP contribution in [0.5, 0.6) is 11.5 Å². The number of carbonyl (C=O) groups excluding carboxylic acids is 2. The van der Waals surface area contributed by atoms with E-state index in [4.69, 9.17) is 9.47 Å². The van der Waals surface area contributed by atoms with Gasteiger partial charge in [0.05, 0.1) is 7.11 Å². The maximum absolute atomic E-state index is 13.3. The predicted molar refractivity (Wildman–Crippen MR) is 127 cm³/mol. The van der Waals surface area contributed by atoms with Gasteiger partial charge in [0.1, 0.15) is 17.5 Å². The minimum atomic E-state index is -0.587. The molecule has 32 heavy (non-hydrogen) atoms. The lowest BCUT2D eigenvalue weighted by Gasteiger charge is -2.31. The number of nitrogens with one attached hydrogen (secondary N) is 1. The number of nitrogens with zero attached hydrogens (tertiary/aromatic N) is 1. The van der Waals surface area contributed by atoms with E-state index in [1.165, 1.54) is 0 Å². The van der Waals surface area contributed by atoms with E-state index in [0.717, 1.165) is 16.7 Å². The van der Waals surface area contributed by atoms with Crippen molar-refractivity contribution in [3.8, 4) is 11.5 Å². The molecule has 2 aromatic rings. The summed E-state index contributed by atoms with van der Waals surface area (Å²) in [4.78, 5) is 27.8. The van der Waals surface area contributed by atoms with Crippen LogP contribution in [-0.2, 0) is 16.1 Å². The summed E-state index contributed by atoms with van der Waals surface area (Å²) < 4.78 is 11.1. The highest BCUT2D eigenvalue weighted by molar-refractivity contribution is 5.88. The van der Waals surface area contributed by atoms with Crippen LogP contribution < -0.4 is 14.8 Å². The lowest BCUT2D eigenvalue weighted by atomic mass is 10.1. The molecular formula is C26H36N2O4. The number of carbonyl (C=O) groups is 2. The summed E-state index contributed by atoms with van der Waals surface area (Å²) in [6.45, 7) is 10.7. The van der Waals surface area contributed by atoms with Crippen LogP contribution in [0.15, 0.2) is 42.5 Å². The molecule has 1 atom stereocenters. The Morgan fingerprint density at radius 3 is 2.41 bits per heavy atom. The summed E-state index contributed by atoms with van der Waals surface area (Å²) in [7, 11) is 1.60. The number of aryl methyl sites for hydroxylation is 2. The van der Waals surface area contributed by atoms with E-state index >= 15 is 0 Å². The molecule has 2 amide bonds. The SMILES string of the molecule is CCC(C(=O)NCC(C)C)N(Cc1cccc(OC)c1)C(=O)COc1ccc(C)c(C)c1. The number of rotatable bonds is 11. The molecule has 0 bridgehead atoms. The molecule has 0 heterocycles. The third kappa shape index (κ3) is 7.29. The van der Waals surface area contributed by atoms with Crippen LogP contribution in [0.3, 0.4) is 0 Å². The first-order valence-electron chi connectivity index (χ1n) is 11.1. The molecule has 0 aliphatic rings. The predicted octanol–water partition coefficient (Wildman–Crippen LogP) is 4.27. The molecule has 0 saturated heterocycles. The molecule has 1 N–H and O–H groups in total. The Morgan fingerprint density at radius 2 is 1.78 bits per heavy atom. The largest absolute Gasteiger partial charge is 0.497 e. The molecule has 0 saturated carbocycles. The van der Waals surface area contributed by atoms with E-state index in [-0.39, 0.29) is 18.4 Å². The van der Waals surface area contributed by atoms with E-state index in [2.05, 4.69) is 5.32 Å². The second kappa shape index (κ2) is 12.1. The highest BCUT2D eigenvalue weighted by atomic mass is 16.5. The number of benzene rings is 2. The molecule has 0 aliphatic heterocycles. The Hall–Kier alpha value is -3.02. The molecule has 0 aromatic heterocycles. The molecule has 1 unspecified atom stereocenters. The summed E-state index contributed by atoms with van der Waals surface area (Å²) in [5.41, 5.74) is 3.15. The van der Waals surface area contributed by atoms with E-state index in [1.807, 2.05) is 77.1 Å². The maximum Gasteiger partial charge on any atom is 0.261 e. The zero-order valence-corrected chi connectivity index (χ0v) is 20.1. The third-order valence-electron chi connectivity index (χ3n) is 5.40. The van der Waals surface area contributed by atoms with Crippen LogP contribution in [-0.4, -0.2) is 43.0 Å². The van der Waals surface area contributed by atoms with Gasteiger partial charge in [0.25, 0.3) is 5.91 Å². The molecule has 0 aliphatic carbocycles. The molecule has 0 radical (unpaired) electrons. The van der Waals surface area contributed by atoms with Crippen molar-refractivity contribution >= 4 is 11.8 Å². The van der Waals surface area contributed by atoms with Crippen LogP contribution in [0, 0.1) is 19.8 Å². The van der Waals surface area contributed by atoms with Gasteiger partial charge in [0.15, 0.2) is 6.61 Å². The van der Waals surface area contributed by atoms with Gasteiger partial charge in [-0.3, -0.25) is 9.59 Å². The average molecular weight is 441 g/mol. The second-order valence-corrected chi connectivity index (χ2v) is 8.47. The van der Waals surface area contributed by atoms with Crippen LogP contribution in [0.1, 0.15) is 43.9 Å². The topological polar surface area (TPSA) is 67.9 Å². The molecule has 2 aromatic carbocycles. The summed E-state index contributed by atoms with van der Waals surface area (Å²) >= 11 is 0. The Bertz CT molecular complexity index is 910. The smallest absolute Gasteiger partial charge is 0.261 e. The van der Waals surface area contributed by atoms with E-state index in [1.54, 1.807) is 12.0 Å². The van der Waals surface area contributed by atoms with Crippen molar-refractivity contribution < 1.29 is 19.1 Å². The minimum Gasteiger partial charge on any atom is -0.497 e. The van der Waals surface area contributed by atoms with Crippen molar-refractivity contribution in [1.29, 1.82) is 0 Å². The fraction of sp³-hybridized carbons (Fsp3) is 0.462. The van der Waals surface area contributed by atoms with Crippen molar-refractivity contribution in [2.45, 2.75) is 53.6 Å². The van der Waals surface area contributed by atoms with Gasteiger partial charge >= 0.3 is 0 Å². The van der Waals surface area contributed by atoms with Crippen LogP contribution >= 0.6 is 0 Å². The fourth-order valence-electron chi connectivity index (χ4n) is 3.34. The van der Waals surface area contributed by atoms with Gasteiger partial charge in [-0.2, -0.15) is 0 Å². The zero-order chi connectivity index (χ0) is 23.7. The second-order valence-electron chi connectivity index (χ2n) is 8.47. The number of hydrogen-bond donors (Lipinski definition) is 1. The van der Waals surface area contributed by atoms with E-state index in [0.29, 0.717) is 36.9 Å². The van der Waals surface area contributed by atoms with Crippen molar-refractivity contribution in [1.82, 2.24) is 10.2 Å².